The van der Waals surface area contributed by atoms with E-state index in [4.69, 9.17) is 9.05 Å². The lowest BCUT2D eigenvalue weighted by molar-refractivity contribution is -0.870. The maximum atomic E-state index is 13.0. The third-order valence-corrected chi connectivity index (χ3v) is 14.2. The smallest absolute Gasteiger partial charge is 0.391 e. The lowest BCUT2D eigenvalue weighted by Gasteiger charge is -2.26. The number of likely N-dealkylation sites (N-methyl/N-ethyl adjacent to an activating group) is 1. The number of carbonyl (C=O) groups is 1. The van der Waals surface area contributed by atoms with Crippen molar-refractivity contribution in [3.63, 3.8) is 0 Å². The number of phosphoric ester groups is 1. The minimum absolute atomic E-state index is 0.0769. The lowest BCUT2D eigenvalue weighted by Crippen LogP contribution is -2.46. The topological polar surface area (TPSA) is 105 Å². The van der Waals surface area contributed by atoms with Crippen molar-refractivity contribution >= 4 is 13.7 Å². The fourth-order valence-electron chi connectivity index (χ4n) is 8.67. The molecule has 392 valence electrons. The van der Waals surface area contributed by atoms with Crippen LogP contribution < -0.4 is 5.32 Å². The van der Waals surface area contributed by atoms with Crippen molar-refractivity contribution in [2.75, 3.05) is 40.9 Å². The number of nitrogens with zero attached hydrogens (tertiary/aromatic N) is 1. The number of quaternary nitrogens is 1. The molecule has 0 heterocycles. The maximum absolute atomic E-state index is 13.0. The van der Waals surface area contributed by atoms with E-state index in [0.29, 0.717) is 23.9 Å². The Morgan fingerprint density at radius 1 is 0.515 bits per heavy atom. The lowest BCUT2D eigenvalue weighted by atomic mass is 10.0. The van der Waals surface area contributed by atoms with Gasteiger partial charge >= 0.3 is 7.82 Å². The minimum Gasteiger partial charge on any atom is -0.391 e. The van der Waals surface area contributed by atoms with Crippen LogP contribution >= 0.6 is 7.82 Å². The van der Waals surface area contributed by atoms with Crippen LogP contribution in [-0.4, -0.2) is 73.4 Å². The molecule has 3 N–H and O–H groups in total. The van der Waals surface area contributed by atoms with Crippen LogP contribution in [0.2, 0.25) is 0 Å². The number of carbonyl (C=O) groups excluding carboxylic acids is 1. The Labute approximate surface area is 411 Å². The van der Waals surface area contributed by atoms with Crippen molar-refractivity contribution < 1.29 is 32.9 Å². The van der Waals surface area contributed by atoms with E-state index in [0.717, 1.165) is 44.9 Å². The second-order valence-electron chi connectivity index (χ2n) is 21.0. The fourth-order valence-corrected chi connectivity index (χ4v) is 9.40. The first-order valence-electron chi connectivity index (χ1n) is 28.7. The fraction of sp³-hybridized carbons (Fsp3) is 0.912. The van der Waals surface area contributed by atoms with Crippen molar-refractivity contribution in [3.05, 3.63) is 24.3 Å². The van der Waals surface area contributed by atoms with Crippen molar-refractivity contribution in [2.45, 2.75) is 296 Å². The number of nitrogens with one attached hydrogen (secondary N) is 1. The minimum atomic E-state index is -4.32. The highest BCUT2D eigenvalue weighted by Crippen LogP contribution is 2.43. The van der Waals surface area contributed by atoms with Gasteiger partial charge in [0.15, 0.2) is 0 Å². The number of phosphoric acid groups is 1. The van der Waals surface area contributed by atoms with Crippen LogP contribution in [0.5, 0.6) is 0 Å². The molecular weight excluding hydrogens is 840 g/mol. The van der Waals surface area contributed by atoms with Crippen molar-refractivity contribution in [1.82, 2.24) is 5.32 Å². The number of unbranched alkanes of at least 4 members (excludes halogenated alkanes) is 36. The highest BCUT2D eigenvalue weighted by molar-refractivity contribution is 7.47. The standard InChI is InChI=1S/C57H113N2O6P/c1-6-8-10-12-14-16-18-20-21-22-23-24-25-26-27-28-29-30-31-32-33-34-35-36-37-39-41-43-45-47-49-51-57(61)58-55(54-65-66(62,63)64-53-52-59(3,4)5)56(60)50-48-46-44-42-40-38-19-17-15-13-11-9-7-2/h18,20,22-23,55-56,60H,6-17,19,21,24-54H2,1-5H3,(H-,58,61,62,63)/p+1/b20-18-,23-22-. The largest absolute Gasteiger partial charge is 0.472 e. The Kier molecular flexibility index (Phi) is 48.2. The molecule has 0 aromatic heterocycles. The van der Waals surface area contributed by atoms with Crippen LogP contribution in [0.4, 0.5) is 0 Å². The molecule has 66 heavy (non-hydrogen) atoms. The van der Waals surface area contributed by atoms with Crippen LogP contribution in [0, 0.1) is 0 Å². The summed E-state index contributed by atoms with van der Waals surface area (Å²) in [7, 11) is 1.63. The van der Waals surface area contributed by atoms with Gasteiger partial charge in [0.1, 0.15) is 13.2 Å². The zero-order valence-electron chi connectivity index (χ0n) is 44.7. The molecule has 0 aliphatic heterocycles. The van der Waals surface area contributed by atoms with E-state index in [-0.39, 0.29) is 19.1 Å². The summed E-state index contributed by atoms with van der Waals surface area (Å²) < 4.78 is 23.7. The summed E-state index contributed by atoms with van der Waals surface area (Å²) in [6, 6.07) is -0.757. The highest BCUT2D eigenvalue weighted by Gasteiger charge is 2.28. The summed E-state index contributed by atoms with van der Waals surface area (Å²) in [5.74, 6) is -0.140. The summed E-state index contributed by atoms with van der Waals surface area (Å²) in [5.41, 5.74) is 0. The average molecular weight is 955 g/mol. The first-order valence-corrected chi connectivity index (χ1v) is 30.2. The van der Waals surface area contributed by atoms with Crippen LogP contribution in [0.3, 0.4) is 0 Å². The predicted octanol–water partition coefficient (Wildman–Crippen LogP) is 17.2. The number of aliphatic hydroxyl groups excluding tert-OH is 1. The summed E-state index contributed by atoms with van der Waals surface area (Å²) in [6.07, 6.45) is 61.0. The third kappa shape index (κ3) is 50.8. The molecule has 0 spiro atoms. The Hall–Kier alpha value is -1.02. The van der Waals surface area contributed by atoms with E-state index in [1.165, 1.54) is 212 Å². The van der Waals surface area contributed by atoms with E-state index in [9.17, 15) is 19.4 Å². The average Bonchev–Trinajstić information content (AvgIpc) is 3.28. The van der Waals surface area contributed by atoms with Crippen molar-refractivity contribution in [2.24, 2.45) is 0 Å². The van der Waals surface area contributed by atoms with Crippen molar-refractivity contribution in [1.29, 1.82) is 0 Å². The SMILES string of the molecule is CCCCCCC/C=C\C/C=C\CCCCCCCCCCCCCCCCCCCCCC(=O)NC(COP(=O)(O)OCC[N+](C)(C)C)C(O)CCCCCCCCCCCCCCC. The van der Waals surface area contributed by atoms with Crippen LogP contribution in [0.1, 0.15) is 284 Å². The Morgan fingerprint density at radius 3 is 1.24 bits per heavy atom. The molecule has 9 heteroatoms. The van der Waals surface area contributed by atoms with E-state index in [2.05, 4.69) is 43.5 Å². The van der Waals surface area contributed by atoms with Gasteiger partial charge in [0, 0.05) is 6.42 Å². The number of hydrogen-bond donors (Lipinski definition) is 3. The molecule has 0 rings (SSSR count). The first kappa shape index (κ1) is 65.0. The van der Waals surface area contributed by atoms with Gasteiger partial charge in [-0.1, -0.05) is 256 Å². The summed E-state index contributed by atoms with van der Waals surface area (Å²) >= 11 is 0. The molecular formula is C57H114N2O6P+. The molecule has 0 bridgehead atoms. The third-order valence-electron chi connectivity index (χ3n) is 13.2. The molecule has 0 saturated carbocycles. The highest BCUT2D eigenvalue weighted by atomic mass is 31.2. The predicted molar refractivity (Wildman–Crippen MR) is 286 cm³/mol. The molecule has 0 aliphatic rings. The molecule has 0 aliphatic carbocycles. The van der Waals surface area contributed by atoms with Gasteiger partial charge in [0.25, 0.3) is 0 Å². The zero-order valence-corrected chi connectivity index (χ0v) is 45.6. The Morgan fingerprint density at radius 2 is 0.864 bits per heavy atom. The van der Waals surface area contributed by atoms with Gasteiger partial charge in [-0.25, -0.2) is 4.57 Å². The molecule has 0 aromatic carbocycles. The van der Waals surface area contributed by atoms with E-state index >= 15 is 0 Å². The summed E-state index contributed by atoms with van der Waals surface area (Å²) in [6.45, 7) is 4.90. The molecule has 0 saturated heterocycles. The molecule has 0 aromatic rings. The zero-order chi connectivity index (χ0) is 48.5. The van der Waals surface area contributed by atoms with E-state index in [1.54, 1.807) is 0 Å². The van der Waals surface area contributed by atoms with Gasteiger partial charge in [-0.15, -0.1) is 0 Å². The second-order valence-corrected chi connectivity index (χ2v) is 22.5. The van der Waals surface area contributed by atoms with E-state index < -0.39 is 20.0 Å². The quantitative estimate of drug-likeness (QED) is 0.0243. The molecule has 8 nitrogen and oxygen atoms in total. The van der Waals surface area contributed by atoms with Gasteiger partial charge in [-0.2, -0.15) is 0 Å². The number of amides is 1. The normalized spacial score (nSPS) is 14.1. The van der Waals surface area contributed by atoms with Crippen LogP contribution in [0.25, 0.3) is 0 Å². The number of hydrogen-bond acceptors (Lipinski definition) is 5. The molecule has 3 atom stereocenters. The Bertz CT molecular complexity index is 1130. The summed E-state index contributed by atoms with van der Waals surface area (Å²) in [5, 5.41) is 14.0. The van der Waals surface area contributed by atoms with Gasteiger partial charge < -0.3 is 19.8 Å². The van der Waals surface area contributed by atoms with Crippen LogP contribution in [0.15, 0.2) is 24.3 Å². The van der Waals surface area contributed by atoms with Gasteiger partial charge in [0.2, 0.25) is 5.91 Å². The maximum Gasteiger partial charge on any atom is 0.472 e. The number of rotatable bonds is 53. The molecule has 0 radical (unpaired) electrons. The van der Waals surface area contributed by atoms with Gasteiger partial charge in [0.05, 0.1) is 39.9 Å². The van der Waals surface area contributed by atoms with Crippen molar-refractivity contribution in [3.8, 4) is 0 Å². The van der Waals surface area contributed by atoms with Gasteiger partial charge in [-0.3, -0.25) is 13.8 Å². The second kappa shape index (κ2) is 49.0. The summed E-state index contributed by atoms with van der Waals surface area (Å²) in [4.78, 5) is 23.3. The number of aliphatic hydroxyl groups is 1. The van der Waals surface area contributed by atoms with Gasteiger partial charge in [-0.05, 0) is 44.9 Å². The molecule has 0 fully saturated rings. The molecule has 1 amide bonds. The molecule has 3 unspecified atom stereocenters. The van der Waals surface area contributed by atoms with E-state index in [1.807, 2.05) is 21.1 Å². The first-order chi connectivity index (χ1) is 32.0. The van der Waals surface area contributed by atoms with Crippen LogP contribution in [-0.2, 0) is 18.4 Å². The Balaban J connectivity index is 3.99. The monoisotopic (exact) mass is 954 g/mol. The number of allylic oxidation sites excluding steroid dienone is 4.